The highest BCUT2D eigenvalue weighted by molar-refractivity contribution is 5.95. The molecule has 1 N–H and O–H groups in total. The van der Waals surface area contributed by atoms with Gasteiger partial charge < -0.3 is 15.1 Å². The Bertz CT molecular complexity index is 1040. The maximum absolute atomic E-state index is 13.2. The number of piperidine rings is 1. The first-order chi connectivity index (χ1) is 15.9. The largest absolute Gasteiger partial charge is 0.416 e. The van der Waals surface area contributed by atoms with E-state index in [1.807, 2.05) is 30.3 Å². The van der Waals surface area contributed by atoms with Crippen molar-refractivity contribution in [2.75, 3.05) is 19.6 Å². The lowest BCUT2D eigenvalue weighted by atomic mass is 9.86. The van der Waals surface area contributed by atoms with Crippen molar-refractivity contribution in [3.63, 3.8) is 0 Å². The van der Waals surface area contributed by atoms with Gasteiger partial charge in [-0.15, -0.1) is 0 Å². The van der Waals surface area contributed by atoms with E-state index in [2.05, 4.69) is 5.32 Å². The van der Waals surface area contributed by atoms with E-state index in [0.29, 0.717) is 38.1 Å². The van der Waals surface area contributed by atoms with Crippen molar-refractivity contribution in [1.29, 1.82) is 0 Å². The second kappa shape index (κ2) is 8.52. The molecule has 4 rings (SSSR count). The Hall–Kier alpha value is -3.24. The van der Waals surface area contributed by atoms with Crippen molar-refractivity contribution in [3.8, 4) is 0 Å². The fourth-order valence-electron chi connectivity index (χ4n) is 4.49. The average Bonchev–Trinajstić information content (AvgIpc) is 3.08. The lowest BCUT2D eigenvalue weighted by molar-refractivity contribution is -0.143. The smallest absolute Gasteiger partial charge is 0.338 e. The topological polar surface area (TPSA) is 52.7 Å². The molecular weight excluding hydrogens is 464 g/mol. The van der Waals surface area contributed by atoms with Crippen LogP contribution in [0, 0.1) is 0 Å². The summed E-state index contributed by atoms with van der Waals surface area (Å²) in [7, 11) is 0. The highest BCUT2D eigenvalue weighted by Gasteiger charge is 2.48. The Morgan fingerprint density at radius 1 is 0.912 bits per heavy atom. The highest BCUT2D eigenvalue weighted by atomic mass is 19.4. The third-order valence-electron chi connectivity index (χ3n) is 6.39. The molecule has 2 fully saturated rings. The third kappa shape index (κ3) is 4.69. The summed E-state index contributed by atoms with van der Waals surface area (Å²) in [5.74, 6) is -0.904. The van der Waals surface area contributed by atoms with Crippen LogP contribution < -0.4 is 5.32 Å². The first-order valence-electron chi connectivity index (χ1n) is 10.6. The summed E-state index contributed by atoms with van der Waals surface area (Å²) in [6, 6.07) is 9.95. The summed E-state index contributed by atoms with van der Waals surface area (Å²) in [5, 5.41) is 2.81. The number of urea groups is 1. The number of halogens is 6. The quantitative estimate of drug-likeness (QED) is 0.628. The summed E-state index contributed by atoms with van der Waals surface area (Å²) in [4.78, 5) is 28.3. The van der Waals surface area contributed by atoms with Crippen molar-refractivity contribution in [1.82, 2.24) is 15.1 Å². The Morgan fingerprint density at radius 2 is 1.47 bits per heavy atom. The zero-order valence-corrected chi connectivity index (χ0v) is 17.8. The second-order valence-corrected chi connectivity index (χ2v) is 8.54. The molecule has 0 atom stereocenters. The molecule has 2 aliphatic heterocycles. The Kier molecular flexibility index (Phi) is 5.99. The first-order valence-corrected chi connectivity index (χ1v) is 10.6. The minimum Gasteiger partial charge on any atom is -0.338 e. The fourth-order valence-corrected chi connectivity index (χ4v) is 4.49. The molecule has 0 radical (unpaired) electrons. The van der Waals surface area contributed by atoms with Crippen LogP contribution in [0.2, 0.25) is 0 Å². The molecule has 2 aromatic carbocycles. The van der Waals surface area contributed by atoms with Crippen LogP contribution in [-0.2, 0) is 18.9 Å². The van der Waals surface area contributed by atoms with Gasteiger partial charge in [0.2, 0.25) is 0 Å². The maximum atomic E-state index is 13.2. The van der Waals surface area contributed by atoms with Gasteiger partial charge in [0.05, 0.1) is 16.7 Å². The SMILES string of the molecule is O=C(c1cc(C(F)(F)F)cc(C(F)(F)F)c1)N1CCC2(CC1)CNC(=O)N2Cc1ccccc1. The number of amides is 3. The number of alkyl halides is 6. The van der Waals surface area contributed by atoms with Gasteiger partial charge >= 0.3 is 18.4 Å². The van der Waals surface area contributed by atoms with E-state index in [-0.39, 0.29) is 25.2 Å². The second-order valence-electron chi connectivity index (χ2n) is 8.54. The molecule has 11 heteroatoms. The normalized spacial score (nSPS) is 18.4. The van der Waals surface area contributed by atoms with Crippen molar-refractivity contribution in [2.24, 2.45) is 0 Å². The van der Waals surface area contributed by atoms with Gasteiger partial charge in [-0.05, 0) is 36.6 Å². The summed E-state index contributed by atoms with van der Waals surface area (Å²) in [5.41, 5.74) is -3.40. The van der Waals surface area contributed by atoms with E-state index in [1.54, 1.807) is 4.90 Å². The molecule has 0 saturated carbocycles. The Labute approximate surface area is 191 Å². The molecule has 34 heavy (non-hydrogen) atoms. The number of rotatable bonds is 3. The Balaban J connectivity index is 1.53. The minimum atomic E-state index is -5.03. The van der Waals surface area contributed by atoms with Crippen LogP contribution in [0.1, 0.15) is 39.9 Å². The van der Waals surface area contributed by atoms with Gasteiger partial charge in [0.25, 0.3) is 5.91 Å². The monoisotopic (exact) mass is 485 g/mol. The van der Waals surface area contributed by atoms with E-state index < -0.39 is 40.5 Å². The number of likely N-dealkylation sites (tertiary alicyclic amines) is 1. The number of hydrogen-bond acceptors (Lipinski definition) is 2. The molecule has 2 aromatic rings. The third-order valence-corrected chi connectivity index (χ3v) is 6.39. The van der Waals surface area contributed by atoms with E-state index in [9.17, 15) is 35.9 Å². The minimum absolute atomic E-state index is 0.000749. The molecular formula is C23H21F6N3O2. The van der Waals surface area contributed by atoms with Gasteiger partial charge in [-0.25, -0.2) is 4.79 Å². The van der Waals surface area contributed by atoms with Crippen LogP contribution in [0.3, 0.4) is 0 Å². The number of hydrogen-bond donors (Lipinski definition) is 1. The van der Waals surface area contributed by atoms with Gasteiger partial charge in [0.15, 0.2) is 0 Å². The molecule has 2 saturated heterocycles. The molecule has 2 aliphatic rings. The number of nitrogens with zero attached hydrogens (tertiary/aromatic N) is 2. The maximum Gasteiger partial charge on any atom is 0.416 e. The molecule has 1 spiro atoms. The highest BCUT2D eigenvalue weighted by Crippen LogP contribution is 2.38. The van der Waals surface area contributed by atoms with Crippen LogP contribution >= 0.6 is 0 Å². The summed E-state index contributed by atoms with van der Waals surface area (Å²) < 4.78 is 79.0. The van der Waals surface area contributed by atoms with E-state index in [0.717, 1.165) is 5.56 Å². The van der Waals surface area contributed by atoms with Crippen LogP contribution in [0.4, 0.5) is 31.1 Å². The molecule has 0 unspecified atom stereocenters. The first kappa shape index (κ1) is 23.9. The van der Waals surface area contributed by atoms with Gasteiger partial charge in [0.1, 0.15) is 0 Å². The van der Waals surface area contributed by atoms with E-state index >= 15 is 0 Å². The molecule has 5 nitrogen and oxygen atoms in total. The molecule has 182 valence electrons. The average molecular weight is 485 g/mol. The van der Waals surface area contributed by atoms with Crippen molar-refractivity contribution >= 4 is 11.9 Å². The lowest BCUT2D eigenvalue weighted by Crippen LogP contribution is -2.55. The molecule has 3 amide bonds. The van der Waals surface area contributed by atoms with Crippen LogP contribution in [0.15, 0.2) is 48.5 Å². The summed E-state index contributed by atoms with van der Waals surface area (Å²) in [6.45, 7) is 0.888. The number of carbonyl (C=O) groups excluding carboxylic acids is 2. The molecule has 0 bridgehead atoms. The van der Waals surface area contributed by atoms with E-state index in [1.165, 1.54) is 4.90 Å². The van der Waals surface area contributed by atoms with E-state index in [4.69, 9.17) is 0 Å². The number of benzene rings is 2. The van der Waals surface area contributed by atoms with Gasteiger partial charge in [-0.3, -0.25) is 4.79 Å². The zero-order chi connectivity index (χ0) is 24.7. The predicted octanol–water partition coefficient (Wildman–Crippen LogP) is 4.92. The van der Waals surface area contributed by atoms with Gasteiger partial charge in [-0.2, -0.15) is 26.3 Å². The van der Waals surface area contributed by atoms with Crippen LogP contribution in [0.25, 0.3) is 0 Å². The van der Waals surface area contributed by atoms with Crippen molar-refractivity contribution in [3.05, 3.63) is 70.8 Å². The van der Waals surface area contributed by atoms with Gasteiger partial charge in [-0.1, -0.05) is 30.3 Å². The summed E-state index contributed by atoms with van der Waals surface area (Å²) in [6.07, 6.45) is -9.38. The molecule has 0 aliphatic carbocycles. The predicted molar refractivity (Wildman–Crippen MR) is 110 cm³/mol. The molecule has 0 aromatic heterocycles. The zero-order valence-electron chi connectivity index (χ0n) is 17.8. The summed E-state index contributed by atoms with van der Waals surface area (Å²) >= 11 is 0. The fraction of sp³-hybridized carbons (Fsp3) is 0.391. The standard InChI is InChI=1S/C23H21F6N3O2/c24-22(25,26)17-10-16(11-18(12-17)23(27,28)29)19(33)31-8-6-21(7-9-31)14-30-20(34)32(21)13-15-4-2-1-3-5-15/h1-5,10-12H,6-9,13-14H2,(H,30,34). The van der Waals surface area contributed by atoms with Crippen LogP contribution in [0.5, 0.6) is 0 Å². The number of nitrogens with one attached hydrogen (secondary N) is 1. The van der Waals surface area contributed by atoms with Crippen molar-refractivity contribution < 1.29 is 35.9 Å². The van der Waals surface area contributed by atoms with Crippen LogP contribution in [-0.4, -0.2) is 46.9 Å². The van der Waals surface area contributed by atoms with Gasteiger partial charge in [0, 0.05) is 31.7 Å². The molecule has 2 heterocycles. The van der Waals surface area contributed by atoms with Crippen molar-refractivity contribution in [2.45, 2.75) is 37.3 Å². The lowest BCUT2D eigenvalue weighted by Gasteiger charge is -2.43. The number of carbonyl (C=O) groups is 2. The Morgan fingerprint density at radius 3 is 2.00 bits per heavy atom.